The monoisotopic (exact) mass is 183 g/mol. The van der Waals surface area contributed by atoms with Crippen molar-refractivity contribution in [1.82, 2.24) is 0 Å². The molecule has 1 aromatic carbocycles. The quantitative estimate of drug-likeness (QED) is 0.613. The lowest BCUT2D eigenvalue weighted by atomic mass is 9.82. The largest absolute Gasteiger partial charge is 0.192 e. The van der Waals surface area contributed by atoms with E-state index in [-0.39, 0.29) is 5.41 Å². The van der Waals surface area contributed by atoms with Gasteiger partial charge in [0.1, 0.15) is 0 Å². The molecular weight excluding hydrogens is 170 g/mol. The van der Waals surface area contributed by atoms with Gasteiger partial charge in [0, 0.05) is 5.41 Å². The molecular formula is C13H13N. The van der Waals surface area contributed by atoms with E-state index in [1.165, 1.54) is 5.56 Å². The normalized spacial score (nSPS) is 24.9. The van der Waals surface area contributed by atoms with Gasteiger partial charge in [0.05, 0.1) is 11.6 Å². The van der Waals surface area contributed by atoms with Crippen molar-refractivity contribution in [3.8, 4) is 6.07 Å². The highest BCUT2D eigenvalue weighted by molar-refractivity contribution is 5.39. The van der Waals surface area contributed by atoms with Gasteiger partial charge in [-0.2, -0.15) is 5.26 Å². The highest BCUT2D eigenvalue weighted by atomic mass is 14.3. The average molecular weight is 183 g/mol. The summed E-state index contributed by atoms with van der Waals surface area (Å²) >= 11 is 0. The first-order valence-electron chi connectivity index (χ1n) is 4.93. The molecule has 14 heavy (non-hydrogen) atoms. The molecule has 1 aliphatic rings. The highest BCUT2D eigenvalue weighted by Gasteiger charge is 2.25. The van der Waals surface area contributed by atoms with Crippen LogP contribution in [0, 0.1) is 11.3 Å². The molecule has 0 amide bonds. The van der Waals surface area contributed by atoms with Crippen molar-refractivity contribution in [2.24, 2.45) is 0 Å². The van der Waals surface area contributed by atoms with Gasteiger partial charge in [-0.1, -0.05) is 31.2 Å². The Hall–Kier alpha value is -1.55. The van der Waals surface area contributed by atoms with Crippen LogP contribution in [0.3, 0.4) is 0 Å². The van der Waals surface area contributed by atoms with Crippen molar-refractivity contribution in [1.29, 1.82) is 5.26 Å². The maximum atomic E-state index is 8.82. The first-order valence-corrected chi connectivity index (χ1v) is 4.93. The molecule has 1 aromatic rings. The van der Waals surface area contributed by atoms with E-state index in [4.69, 9.17) is 5.26 Å². The van der Waals surface area contributed by atoms with Crippen molar-refractivity contribution >= 4 is 0 Å². The topological polar surface area (TPSA) is 23.8 Å². The van der Waals surface area contributed by atoms with Gasteiger partial charge in [0.25, 0.3) is 0 Å². The number of hydrogen-bond acceptors (Lipinski definition) is 1. The molecule has 0 heterocycles. The lowest BCUT2D eigenvalue weighted by Gasteiger charge is -2.22. The van der Waals surface area contributed by atoms with Crippen LogP contribution in [0.4, 0.5) is 0 Å². The zero-order chi connectivity index (χ0) is 10.0. The third-order valence-electron chi connectivity index (χ3n) is 2.97. The highest BCUT2D eigenvalue weighted by Crippen LogP contribution is 2.35. The summed E-state index contributed by atoms with van der Waals surface area (Å²) in [6.45, 7) is 2.23. The van der Waals surface area contributed by atoms with E-state index < -0.39 is 0 Å². The van der Waals surface area contributed by atoms with Crippen molar-refractivity contribution in [3.05, 3.63) is 47.5 Å². The van der Waals surface area contributed by atoms with Crippen LogP contribution in [0.25, 0.3) is 0 Å². The molecule has 70 valence electrons. The molecule has 0 saturated carbocycles. The van der Waals surface area contributed by atoms with Gasteiger partial charge in [0.15, 0.2) is 0 Å². The van der Waals surface area contributed by atoms with Crippen LogP contribution >= 0.6 is 0 Å². The minimum Gasteiger partial charge on any atom is -0.192 e. The molecule has 0 unspecified atom stereocenters. The maximum absolute atomic E-state index is 8.82. The lowest BCUT2D eigenvalue weighted by molar-refractivity contribution is 0.579. The zero-order valence-electron chi connectivity index (χ0n) is 8.33. The van der Waals surface area contributed by atoms with Gasteiger partial charge in [-0.05, 0) is 30.5 Å². The predicted molar refractivity (Wildman–Crippen MR) is 56.9 cm³/mol. The SMILES string of the molecule is C[C@]1(c2cccc(C#N)c2)C=CCC1. The van der Waals surface area contributed by atoms with E-state index in [1.54, 1.807) is 0 Å². The van der Waals surface area contributed by atoms with E-state index in [9.17, 15) is 0 Å². The molecule has 1 nitrogen and oxygen atoms in total. The summed E-state index contributed by atoms with van der Waals surface area (Å²) in [5, 5.41) is 8.82. The third-order valence-corrected chi connectivity index (χ3v) is 2.97. The van der Waals surface area contributed by atoms with E-state index in [0.717, 1.165) is 18.4 Å². The molecule has 0 spiro atoms. The summed E-state index contributed by atoms with van der Waals surface area (Å²) < 4.78 is 0. The van der Waals surface area contributed by atoms with Crippen LogP contribution in [0.15, 0.2) is 36.4 Å². The fraction of sp³-hybridized carbons (Fsp3) is 0.308. The minimum absolute atomic E-state index is 0.146. The van der Waals surface area contributed by atoms with Gasteiger partial charge < -0.3 is 0 Å². The van der Waals surface area contributed by atoms with E-state index in [1.807, 2.05) is 18.2 Å². The van der Waals surface area contributed by atoms with Gasteiger partial charge >= 0.3 is 0 Å². The summed E-state index contributed by atoms with van der Waals surface area (Å²) in [6.07, 6.45) is 6.78. The van der Waals surface area contributed by atoms with Crippen molar-refractivity contribution in [2.45, 2.75) is 25.2 Å². The molecule has 0 saturated heterocycles. The third kappa shape index (κ3) is 1.44. The smallest absolute Gasteiger partial charge is 0.0991 e. The Morgan fingerprint density at radius 1 is 1.43 bits per heavy atom. The average Bonchev–Trinajstić information content (AvgIpc) is 2.67. The summed E-state index contributed by atoms with van der Waals surface area (Å²) in [4.78, 5) is 0. The second kappa shape index (κ2) is 3.31. The maximum Gasteiger partial charge on any atom is 0.0991 e. The Bertz CT molecular complexity index is 411. The standard InChI is InChI=1S/C13H13N/c1-13(7-2-3-8-13)12-6-4-5-11(9-12)10-14/h2,4-7,9H,3,8H2,1H3/t13-/m0/s1. The Morgan fingerprint density at radius 3 is 2.93 bits per heavy atom. The molecule has 0 aliphatic heterocycles. The molecule has 0 radical (unpaired) electrons. The summed E-state index contributed by atoms with van der Waals surface area (Å²) in [5.74, 6) is 0. The lowest BCUT2D eigenvalue weighted by Crippen LogP contribution is -2.15. The summed E-state index contributed by atoms with van der Waals surface area (Å²) in [6, 6.07) is 10.1. The second-order valence-electron chi connectivity index (χ2n) is 4.05. The minimum atomic E-state index is 0.146. The molecule has 0 bridgehead atoms. The Kier molecular flexibility index (Phi) is 2.13. The van der Waals surface area contributed by atoms with Crippen LogP contribution in [0.2, 0.25) is 0 Å². The van der Waals surface area contributed by atoms with Crippen LogP contribution in [-0.2, 0) is 5.41 Å². The van der Waals surface area contributed by atoms with Crippen LogP contribution < -0.4 is 0 Å². The zero-order valence-corrected chi connectivity index (χ0v) is 8.33. The van der Waals surface area contributed by atoms with E-state index in [2.05, 4.69) is 31.2 Å². The number of benzene rings is 1. The number of nitriles is 1. The van der Waals surface area contributed by atoms with Crippen LogP contribution in [0.5, 0.6) is 0 Å². The van der Waals surface area contributed by atoms with Crippen molar-refractivity contribution in [2.75, 3.05) is 0 Å². The number of nitrogens with zero attached hydrogens (tertiary/aromatic N) is 1. The molecule has 1 aliphatic carbocycles. The van der Waals surface area contributed by atoms with E-state index in [0.29, 0.717) is 0 Å². The molecule has 0 N–H and O–H groups in total. The summed E-state index contributed by atoms with van der Waals surface area (Å²) in [5.41, 5.74) is 2.15. The number of rotatable bonds is 1. The second-order valence-corrected chi connectivity index (χ2v) is 4.05. The molecule has 1 heteroatoms. The van der Waals surface area contributed by atoms with Crippen molar-refractivity contribution in [3.63, 3.8) is 0 Å². The number of hydrogen-bond donors (Lipinski definition) is 0. The Labute approximate surface area is 84.7 Å². The molecule has 0 aromatic heterocycles. The Morgan fingerprint density at radius 2 is 2.29 bits per heavy atom. The molecule has 0 fully saturated rings. The first kappa shape index (κ1) is 9.02. The fourth-order valence-corrected chi connectivity index (χ4v) is 1.99. The Balaban J connectivity index is 2.42. The van der Waals surface area contributed by atoms with Gasteiger partial charge in [-0.25, -0.2) is 0 Å². The predicted octanol–water partition coefficient (Wildman–Crippen LogP) is 3.17. The van der Waals surface area contributed by atoms with E-state index >= 15 is 0 Å². The summed E-state index contributed by atoms with van der Waals surface area (Å²) in [7, 11) is 0. The van der Waals surface area contributed by atoms with Crippen LogP contribution in [0.1, 0.15) is 30.9 Å². The molecule has 2 rings (SSSR count). The van der Waals surface area contributed by atoms with Crippen molar-refractivity contribution < 1.29 is 0 Å². The van der Waals surface area contributed by atoms with Crippen LogP contribution in [-0.4, -0.2) is 0 Å². The molecule has 1 atom stereocenters. The first-order chi connectivity index (χ1) is 6.74. The van der Waals surface area contributed by atoms with Gasteiger partial charge in [-0.3, -0.25) is 0 Å². The fourth-order valence-electron chi connectivity index (χ4n) is 1.99. The number of allylic oxidation sites excluding steroid dienone is 2. The van der Waals surface area contributed by atoms with Gasteiger partial charge in [-0.15, -0.1) is 0 Å². The van der Waals surface area contributed by atoms with Gasteiger partial charge in [0.2, 0.25) is 0 Å².